The van der Waals surface area contributed by atoms with Crippen molar-refractivity contribution in [1.29, 1.82) is 0 Å². The number of ether oxygens (including phenoxy) is 2. The van der Waals surface area contributed by atoms with Crippen LogP contribution in [-0.2, 0) is 13.2 Å². The number of aryl methyl sites for hydroxylation is 1. The van der Waals surface area contributed by atoms with E-state index in [4.69, 9.17) is 16.0 Å². The zero-order valence-electron chi connectivity index (χ0n) is 20.6. The first-order chi connectivity index (χ1) is 17.1. The van der Waals surface area contributed by atoms with Crippen LogP contribution in [0.5, 0.6) is 11.5 Å². The summed E-state index contributed by atoms with van der Waals surface area (Å²) in [7, 11) is 0. The molecule has 0 N–H and O–H groups in total. The van der Waals surface area contributed by atoms with Gasteiger partial charge in [-0.15, -0.1) is 0 Å². The molecule has 0 radical (unpaired) electrons. The van der Waals surface area contributed by atoms with E-state index in [1.54, 1.807) is 0 Å². The maximum atomic E-state index is 8.17. The van der Waals surface area contributed by atoms with Crippen molar-refractivity contribution >= 4 is 0 Å². The van der Waals surface area contributed by atoms with Crippen LogP contribution in [0.1, 0.15) is 59.2 Å². The van der Waals surface area contributed by atoms with Crippen LogP contribution in [0.3, 0.4) is 0 Å². The molecule has 0 bridgehead atoms. The third-order valence-corrected chi connectivity index (χ3v) is 6.07. The molecule has 3 nitrogen and oxygen atoms in total. The number of benzene rings is 4. The predicted molar refractivity (Wildman–Crippen MR) is 142 cm³/mol. The molecule has 0 spiro atoms. The van der Waals surface area contributed by atoms with Gasteiger partial charge in [0.1, 0.15) is 30.3 Å². The van der Waals surface area contributed by atoms with Gasteiger partial charge < -0.3 is 14.3 Å². The Hall–Kier alpha value is -4.03. The van der Waals surface area contributed by atoms with E-state index in [1.807, 2.05) is 66.7 Å². The average molecular weight is 462 g/mol. The minimum Gasteiger partial charge on any atom is -0.488 e. The van der Waals surface area contributed by atoms with E-state index in [9.17, 15) is 0 Å². The molecule has 1 unspecified atom stereocenters. The van der Waals surface area contributed by atoms with Crippen LogP contribution in [0.25, 0.3) is 4.85 Å². The van der Waals surface area contributed by atoms with Gasteiger partial charge in [-0.05, 0) is 35.6 Å². The molecule has 0 aliphatic heterocycles. The summed E-state index contributed by atoms with van der Waals surface area (Å²) in [5.41, 5.74) is 6.12. The predicted octanol–water partition coefficient (Wildman–Crippen LogP) is 8.29. The average Bonchev–Trinajstić information content (AvgIpc) is 2.89. The lowest BCUT2D eigenvalue weighted by Crippen LogP contribution is -2.09. The second-order valence-corrected chi connectivity index (χ2v) is 9.04. The molecule has 4 aromatic carbocycles. The fourth-order valence-electron chi connectivity index (χ4n) is 4.12. The Morgan fingerprint density at radius 1 is 0.714 bits per heavy atom. The zero-order valence-corrected chi connectivity index (χ0v) is 20.6. The van der Waals surface area contributed by atoms with Gasteiger partial charge in [-0.3, -0.25) is 0 Å². The molecule has 0 fully saturated rings. The van der Waals surface area contributed by atoms with Crippen LogP contribution < -0.4 is 9.47 Å². The lowest BCUT2D eigenvalue weighted by atomic mass is 9.91. The molecule has 4 aromatic rings. The van der Waals surface area contributed by atoms with Crippen molar-refractivity contribution in [3.63, 3.8) is 0 Å². The maximum absolute atomic E-state index is 8.17. The van der Waals surface area contributed by atoms with Gasteiger partial charge in [0.25, 0.3) is 6.04 Å². The first-order valence-corrected chi connectivity index (χ1v) is 12.0. The van der Waals surface area contributed by atoms with Gasteiger partial charge in [0.15, 0.2) is 0 Å². The fourth-order valence-corrected chi connectivity index (χ4v) is 4.12. The van der Waals surface area contributed by atoms with Crippen molar-refractivity contribution in [2.24, 2.45) is 0 Å². The SMILES string of the molecule is [C-]#[N+]C(c1ccc(C)cc1)c1c(OCc2ccccc2)ccc(C(C)C)c1OCc1ccccc1. The Labute approximate surface area is 208 Å². The van der Waals surface area contributed by atoms with E-state index < -0.39 is 6.04 Å². The third kappa shape index (κ3) is 5.91. The van der Waals surface area contributed by atoms with Gasteiger partial charge >= 0.3 is 0 Å². The molecule has 35 heavy (non-hydrogen) atoms. The second kappa shape index (κ2) is 11.4. The molecule has 3 heteroatoms. The molecule has 4 rings (SSSR count). The number of hydrogen-bond acceptors (Lipinski definition) is 2. The van der Waals surface area contributed by atoms with Gasteiger partial charge in [0, 0.05) is 5.56 Å². The highest BCUT2D eigenvalue weighted by atomic mass is 16.5. The highest BCUT2D eigenvalue weighted by molar-refractivity contribution is 5.57. The van der Waals surface area contributed by atoms with E-state index in [0.717, 1.165) is 39.1 Å². The number of nitrogens with zero attached hydrogens (tertiary/aromatic N) is 1. The molecule has 176 valence electrons. The summed E-state index contributed by atoms with van der Waals surface area (Å²) in [5, 5.41) is 0. The van der Waals surface area contributed by atoms with Crippen LogP contribution in [0.2, 0.25) is 0 Å². The van der Waals surface area contributed by atoms with Gasteiger partial charge in [0.05, 0.1) is 0 Å². The van der Waals surface area contributed by atoms with E-state index in [-0.39, 0.29) is 5.92 Å². The normalized spacial score (nSPS) is 11.6. The van der Waals surface area contributed by atoms with Crippen molar-refractivity contribution in [1.82, 2.24) is 0 Å². The van der Waals surface area contributed by atoms with Crippen LogP contribution in [0.15, 0.2) is 97.1 Å². The van der Waals surface area contributed by atoms with E-state index in [0.29, 0.717) is 19.0 Å². The van der Waals surface area contributed by atoms with Crippen molar-refractivity contribution in [2.75, 3.05) is 0 Å². The minimum atomic E-state index is -0.536. The molecule has 0 aliphatic rings. The maximum Gasteiger partial charge on any atom is 0.281 e. The Morgan fingerprint density at radius 2 is 1.29 bits per heavy atom. The Kier molecular flexibility index (Phi) is 7.85. The highest BCUT2D eigenvalue weighted by Crippen LogP contribution is 2.44. The summed E-state index contributed by atoms with van der Waals surface area (Å²) in [4.78, 5) is 4.08. The van der Waals surface area contributed by atoms with Crippen LogP contribution in [0.4, 0.5) is 0 Å². The Morgan fingerprint density at radius 3 is 1.83 bits per heavy atom. The molecule has 1 atom stereocenters. The molecule has 0 amide bonds. The summed E-state index contributed by atoms with van der Waals surface area (Å²) in [5.74, 6) is 1.66. The molecule has 0 aliphatic carbocycles. The molecule has 0 saturated carbocycles. The number of rotatable bonds is 9. The van der Waals surface area contributed by atoms with Crippen molar-refractivity contribution in [3.8, 4) is 11.5 Å². The molecule has 0 heterocycles. The van der Waals surface area contributed by atoms with Crippen molar-refractivity contribution in [3.05, 3.63) is 142 Å². The largest absolute Gasteiger partial charge is 0.488 e. The smallest absolute Gasteiger partial charge is 0.281 e. The van der Waals surface area contributed by atoms with E-state index >= 15 is 0 Å². The summed E-state index contributed by atoms with van der Waals surface area (Å²) in [6, 6.07) is 31.9. The number of hydrogen-bond donors (Lipinski definition) is 0. The quantitative estimate of drug-likeness (QED) is 0.234. The fraction of sp³-hybridized carbons (Fsp3) is 0.219. The van der Waals surface area contributed by atoms with Gasteiger partial charge in [-0.25, -0.2) is 6.57 Å². The molecular formula is C32H31NO2. The summed E-state index contributed by atoms with van der Waals surface area (Å²) in [6.45, 7) is 15.4. The van der Waals surface area contributed by atoms with Gasteiger partial charge in [-0.2, -0.15) is 0 Å². The van der Waals surface area contributed by atoms with Crippen LogP contribution >= 0.6 is 0 Å². The minimum absolute atomic E-state index is 0.229. The second-order valence-electron chi connectivity index (χ2n) is 9.04. The van der Waals surface area contributed by atoms with E-state index in [2.05, 4.69) is 55.9 Å². The molecule has 0 saturated heterocycles. The first kappa shape index (κ1) is 24.1. The van der Waals surface area contributed by atoms with Crippen LogP contribution in [0, 0.1) is 13.5 Å². The zero-order chi connectivity index (χ0) is 24.6. The molecular weight excluding hydrogens is 430 g/mol. The summed E-state index contributed by atoms with van der Waals surface area (Å²) in [6.07, 6.45) is 0. The summed E-state index contributed by atoms with van der Waals surface area (Å²) >= 11 is 0. The standard InChI is InChI=1S/C32H31NO2/c1-23(2)28-19-20-29(34-21-25-11-7-5-8-12-25)30(31(33-4)27-17-15-24(3)16-18-27)32(28)35-22-26-13-9-6-10-14-26/h5-20,23,31H,21-22H2,1-3H3. The van der Waals surface area contributed by atoms with Gasteiger partial charge in [0.2, 0.25) is 0 Å². The Balaban J connectivity index is 1.81. The lowest BCUT2D eigenvalue weighted by Gasteiger charge is -2.22. The third-order valence-electron chi connectivity index (χ3n) is 6.07. The van der Waals surface area contributed by atoms with Crippen molar-refractivity contribution in [2.45, 2.75) is 45.9 Å². The Bertz CT molecular complexity index is 1270. The van der Waals surface area contributed by atoms with Crippen molar-refractivity contribution < 1.29 is 9.47 Å². The summed E-state index contributed by atoms with van der Waals surface area (Å²) < 4.78 is 12.9. The van der Waals surface area contributed by atoms with E-state index in [1.165, 1.54) is 0 Å². The topological polar surface area (TPSA) is 22.8 Å². The van der Waals surface area contributed by atoms with Crippen LogP contribution in [-0.4, -0.2) is 0 Å². The lowest BCUT2D eigenvalue weighted by molar-refractivity contribution is 0.280. The van der Waals surface area contributed by atoms with Gasteiger partial charge in [-0.1, -0.05) is 110 Å². The first-order valence-electron chi connectivity index (χ1n) is 12.0. The monoisotopic (exact) mass is 461 g/mol. The molecule has 0 aromatic heterocycles. The highest BCUT2D eigenvalue weighted by Gasteiger charge is 2.30.